The highest BCUT2D eigenvalue weighted by Crippen LogP contribution is 2.02. The van der Waals surface area contributed by atoms with Crippen molar-refractivity contribution in [3.8, 4) is 0 Å². The molecule has 0 aromatic carbocycles. The third-order valence-corrected chi connectivity index (χ3v) is 2.07. The molecular formula is C11H21N3. The van der Waals surface area contributed by atoms with Crippen LogP contribution < -0.4 is 5.73 Å². The van der Waals surface area contributed by atoms with E-state index in [0.717, 1.165) is 18.8 Å². The van der Waals surface area contributed by atoms with E-state index in [0.29, 0.717) is 6.67 Å². The van der Waals surface area contributed by atoms with Crippen LogP contribution in [0.5, 0.6) is 0 Å². The van der Waals surface area contributed by atoms with E-state index in [1.807, 2.05) is 26.2 Å². The lowest BCUT2D eigenvalue weighted by atomic mass is 10.3. The summed E-state index contributed by atoms with van der Waals surface area (Å²) in [5.74, 6) is 0. The molecule has 3 nitrogen and oxygen atoms in total. The van der Waals surface area contributed by atoms with Crippen molar-refractivity contribution in [2.24, 2.45) is 5.73 Å². The van der Waals surface area contributed by atoms with Crippen LogP contribution >= 0.6 is 0 Å². The SMILES string of the molecule is C=C/C=C(\C=C)N(C)CCN(C)CN. The Morgan fingerprint density at radius 3 is 2.36 bits per heavy atom. The summed E-state index contributed by atoms with van der Waals surface area (Å²) in [6.45, 7) is 9.87. The van der Waals surface area contributed by atoms with E-state index in [2.05, 4.69) is 23.0 Å². The van der Waals surface area contributed by atoms with Gasteiger partial charge in [-0.1, -0.05) is 19.2 Å². The van der Waals surface area contributed by atoms with Gasteiger partial charge in [0.15, 0.2) is 0 Å². The summed E-state index contributed by atoms with van der Waals surface area (Å²) in [5.41, 5.74) is 6.56. The molecule has 0 heterocycles. The maximum Gasteiger partial charge on any atom is 0.0453 e. The van der Waals surface area contributed by atoms with Crippen LogP contribution in [-0.2, 0) is 0 Å². The van der Waals surface area contributed by atoms with Crippen molar-refractivity contribution in [3.05, 3.63) is 37.1 Å². The molecule has 0 fully saturated rings. The summed E-state index contributed by atoms with van der Waals surface area (Å²) in [6, 6.07) is 0. The Balaban J connectivity index is 4.04. The van der Waals surface area contributed by atoms with Gasteiger partial charge in [-0.2, -0.15) is 0 Å². The molecule has 0 unspecified atom stereocenters. The Morgan fingerprint density at radius 1 is 1.29 bits per heavy atom. The van der Waals surface area contributed by atoms with Gasteiger partial charge in [0, 0.05) is 32.5 Å². The summed E-state index contributed by atoms with van der Waals surface area (Å²) >= 11 is 0. The minimum atomic E-state index is 0.586. The maximum atomic E-state index is 5.48. The van der Waals surface area contributed by atoms with Crippen molar-refractivity contribution in [2.45, 2.75) is 0 Å². The van der Waals surface area contributed by atoms with Crippen LogP contribution in [0.1, 0.15) is 0 Å². The number of allylic oxidation sites excluding steroid dienone is 3. The van der Waals surface area contributed by atoms with Crippen LogP contribution in [0.15, 0.2) is 37.1 Å². The molecule has 0 aromatic heterocycles. The van der Waals surface area contributed by atoms with E-state index < -0.39 is 0 Å². The first kappa shape index (κ1) is 12.9. The number of hydrogen-bond acceptors (Lipinski definition) is 3. The summed E-state index contributed by atoms with van der Waals surface area (Å²) in [5, 5.41) is 0. The largest absolute Gasteiger partial charge is 0.373 e. The number of nitrogens with zero attached hydrogens (tertiary/aromatic N) is 2. The molecule has 0 aliphatic carbocycles. The van der Waals surface area contributed by atoms with Gasteiger partial charge in [-0.25, -0.2) is 0 Å². The molecule has 0 bridgehead atoms. The number of nitrogens with two attached hydrogens (primary N) is 1. The third kappa shape index (κ3) is 4.84. The Labute approximate surface area is 87.2 Å². The highest BCUT2D eigenvalue weighted by molar-refractivity contribution is 5.19. The van der Waals surface area contributed by atoms with Crippen molar-refractivity contribution in [3.63, 3.8) is 0 Å². The first-order chi connectivity index (χ1) is 6.65. The van der Waals surface area contributed by atoms with Crippen molar-refractivity contribution in [1.82, 2.24) is 9.80 Å². The highest BCUT2D eigenvalue weighted by atomic mass is 15.2. The van der Waals surface area contributed by atoms with E-state index in [1.54, 1.807) is 6.08 Å². The quantitative estimate of drug-likeness (QED) is 0.486. The van der Waals surface area contributed by atoms with E-state index in [-0.39, 0.29) is 0 Å². The van der Waals surface area contributed by atoms with E-state index in [1.165, 1.54) is 0 Å². The first-order valence-corrected chi connectivity index (χ1v) is 4.70. The predicted molar refractivity (Wildman–Crippen MR) is 62.8 cm³/mol. The molecule has 0 rings (SSSR count). The second kappa shape index (κ2) is 7.35. The molecule has 2 N–H and O–H groups in total. The van der Waals surface area contributed by atoms with Gasteiger partial charge in [0.1, 0.15) is 0 Å². The van der Waals surface area contributed by atoms with Crippen LogP contribution in [0.25, 0.3) is 0 Å². The van der Waals surface area contributed by atoms with Crippen LogP contribution in [-0.4, -0.2) is 43.7 Å². The topological polar surface area (TPSA) is 32.5 Å². The van der Waals surface area contributed by atoms with Gasteiger partial charge >= 0.3 is 0 Å². The molecule has 3 heteroatoms. The van der Waals surface area contributed by atoms with Crippen molar-refractivity contribution < 1.29 is 0 Å². The minimum Gasteiger partial charge on any atom is -0.373 e. The van der Waals surface area contributed by atoms with Gasteiger partial charge in [-0.05, 0) is 19.2 Å². The van der Waals surface area contributed by atoms with E-state index in [9.17, 15) is 0 Å². The second-order valence-corrected chi connectivity index (χ2v) is 3.22. The average molecular weight is 195 g/mol. The fourth-order valence-electron chi connectivity index (χ4n) is 1.01. The number of hydrogen-bond donors (Lipinski definition) is 1. The van der Waals surface area contributed by atoms with Crippen molar-refractivity contribution >= 4 is 0 Å². The molecule has 0 radical (unpaired) electrons. The molecule has 0 saturated carbocycles. The highest BCUT2D eigenvalue weighted by Gasteiger charge is 2.01. The molecule has 0 atom stereocenters. The van der Waals surface area contributed by atoms with Gasteiger partial charge in [0.2, 0.25) is 0 Å². The molecule has 14 heavy (non-hydrogen) atoms. The second-order valence-electron chi connectivity index (χ2n) is 3.22. The summed E-state index contributed by atoms with van der Waals surface area (Å²) in [7, 11) is 4.03. The van der Waals surface area contributed by atoms with Crippen LogP contribution in [0.3, 0.4) is 0 Å². The summed E-state index contributed by atoms with van der Waals surface area (Å²) < 4.78 is 0. The van der Waals surface area contributed by atoms with Gasteiger partial charge in [0.05, 0.1) is 0 Å². The lowest BCUT2D eigenvalue weighted by Gasteiger charge is -2.23. The van der Waals surface area contributed by atoms with Gasteiger partial charge in [-0.3, -0.25) is 4.90 Å². The standard InChI is InChI=1S/C11H21N3/c1-5-7-11(6-2)14(4)9-8-13(3)10-12/h5-7H,1-2,8-10,12H2,3-4H3/b11-7+. The van der Waals surface area contributed by atoms with E-state index in [4.69, 9.17) is 5.73 Å². The Hall–Kier alpha value is -1.06. The number of likely N-dealkylation sites (N-methyl/N-ethyl adjacent to an activating group) is 2. The van der Waals surface area contributed by atoms with Gasteiger partial charge in [0.25, 0.3) is 0 Å². The smallest absolute Gasteiger partial charge is 0.0453 e. The average Bonchev–Trinajstić information content (AvgIpc) is 2.21. The molecule has 0 amide bonds. The molecule has 0 aliphatic rings. The normalized spacial score (nSPS) is 11.6. The molecule has 0 spiro atoms. The van der Waals surface area contributed by atoms with Gasteiger partial charge in [-0.15, -0.1) is 0 Å². The van der Waals surface area contributed by atoms with Crippen molar-refractivity contribution in [1.29, 1.82) is 0 Å². The van der Waals surface area contributed by atoms with Gasteiger partial charge < -0.3 is 10.6 Å². The predicted octanol–water partition coefficient (Wildman–Crippen LogP) is 1.02. The van der Waals surface area contributed by atoms with Crippen LogP contribution in [0, 0.1) is 0 Å². The molecule has 0 aromatic rings. The number of rotatable bonds is 7. The molecule has 0 aliphatic heterocycles. The summed E-state index contributed by atoms with van der Waals surface area (Å²) in [4.78, 5) is 4.19. The monoisotopic (exact) mass is 195 g/mol. The Kier molecular flexibility index (Phi) is 6.80. The zero-order valence-electron chi connectivity index (χ0n) is 9.24. The molecule has 80 valence electrons. The fraction of sp³-hybridized carbons (Fsp3) is 0.455. The first-order valence-electron chi connectivity index (χ1n) is 4.70. The van der Waals surface area contributed by atoms with Crippen LogP contribution in [0.4, 0.5) is 0 Å². The van der Waals surface area contributed by atoms with Crippen molar-refractivity contribution in [2.75, 3.05) is 33.9 Å². The summed E-state index contributed by atoms with van der Waals surface area (Å²) in [6.07, 6.45) is 5.53. The lowest BCUT2D eigenvalue weighted by Crippen LogP contribution is -2.33. The fourth-order valence-corrected chi connectivity index (χ4v) is 1.01. The molecular weight excluding hydrogens is 174 g/mol. The zero-order valence-corrected chi connectivity index (χ0v) is 9.24. The van der Waals surface area contributed by atoms with E-state index >= 15 is 0 Å². The Bertz CT molecular complexity index is 209. The third-order valence-electron chi connectivity index (χ3n) is 2.07. The maximum absolute atomic E-state index is 5.48. The minimum absolute atomic E-state index is 0.586. The Morgan fingerprint density at radius 2 is 1.93 bits per heavy atom. The van der Waals surface area contributed by atoms with Crippen LogP contribution in [0.2, 0.25) is 0 Å². The lowest BCUT2D eigenvalue weighted by molar-refractivity contribution is 0.295. The zero-order chi connectivity index (χ0) is 11.0. The molecule has 0 saturated heterocycles.